The lowest BCUT2D eigenvalue weighted by molar-refractivity contribution is -0.121. The van der Waals surface area contributed by atoms with Crippen LogP contribution in [0.3, 0.4) is 0 Å². The summed E-state index contributed by atoms with van der Waals surface area (Å²) in [6, 6.07) is 13.0. The number of likely N-dealkylation sites (tertiary alicyclic amines) is 1. The van der Waals surface area contributed by atoms with Gasteiger partial charge in [-0.15, -0.1) is 0 Å². The Kier molecular flexibility index (Phi) is 6.48. The number of aromatic nitrogens is 1. The Hall–Kier alpha value is -2.66. The largest absolute Gasteiger partial charge is 0.361 e. The Balaban J connectivity index is 1.58. The van der Waals surface area contributed by atoms with Crippen LogP contribution in [0.1, 0.15) is 48.8 Å². The van der Waals surface area contributed by atoms with Gasteiger partial charge < -0.3 is 15.2 Å². The lowest BCUT2D eigenvalue weighted by Gasteiger charge is -2.19. The van der Waals surface area contributed by atoms with Crippen molar-refractivity contribution in [1.29, 1.82) is 0 Å². The highest BCUT2D eigenvalue weighted by atomic mass is 19.1. The molecule has 1 aromatic heterocycles. The summed E-state index contributed by atoms with van der Waals surface area (Å²) in [6.07, 6.45) is 5.56. The highest BCUT2D eigenvalue weighted by molar-refractivity contribution is 5.88. The molecule has 158 valence electrons. The van der Waals surface area contributed by atoms with Gasteiger partial charge in [-0.05, 0) is 55.1 Å². The minimum atomic E-state index is -0.334. The van der Waals surface area contributed by atoms with Crippen LogP contribution in [0.25, 0.3) is 10.9 Å². The van der Waals surface area contributed by atoms with E-state index < -0.39 is 0 Å². The van der Waals surface area contributed by atoms with Gasteiger partial charge in [0.15, 0.2) is 0 Å². The van der Waals surface area contributed by atoms with Crippen LogP contribution in [0, 0.1) is 5.82 Å². The quantitative estimate of drug-likeness (QED) is 0.573. The van der Waals surface area contributed by atoms with Gasteiger partial charge in [0.05, 0.1) is 0 Å². The molecule has 0 unspecified atom stereocenters. The molecule has 1 fully saturated rings. The normalized spacial score (nSPS) is 15.5. The average Bonchev–Trinajstić information content (AvgIpc) is 3.42. The number of hydrogen-bond acceptors (Lipinski definition) is 2. The Labute approximate surface area is 177 Å². The summed E-state index contributed by atoms with van der Waals surface area (Å²) in [5, 5.41) is 4.11. The molecule has 1 aliphatic rings. The van der Waals surface area contributed by atoms with Crippen molar-refractivity contribution in [2.45, 2.75) is 38.5 Å². The fourth-order valence-corrected chi connectivity index (χ4v) is 4.58. The number of aromatic amines is 1. The fraction of sp³-hybridized carbons (Fsp3) is 0.400. The Morgan fingerprint density at radius 2 is 1.93 bits per heavy atom. The zero-order valence-electron chi connectivity index (χ0n) is 17.6. The number of halogens is 1. The predicted molar refractivity (Wildman–Crippen MR) is 119 cm³/mol. The molecule has 1 amide bonds. The minimum Gasteiger partial charge on any atom is -0.361 e. The molecule has 4 nitrogen and oxygen atoms in total. The number of rotatable bonds is 8. The van der Waals surface area contributed by atoms with E-state index in [1.165, 1.54) is 24.5 Å². The average molecular weight is 408 g/mol. The molecule has 4 rings (SSSR count). The van der Waals surface area contributed by atoms with E-state index in [2.05, 4.69) is 34.3 Å². The zero-order valence-corrected chi connectivity index (χ0v) is 17.6. The molecular formula is C25H30FN3O. The van der Waals surface area contributed by atoms with Crippen molar-refractivity contribution in [1.82, 2.24) is 15.2 Å². The molecule has 2 aromatic carbocycles. The maximum Gasteiger partial charge on any atom is 0.220 e. The van der Waals surface area contributed by atoms with Gasteiger partial charge in [0.2, 0.25) is 5.91 Å². The van der Waals surface area contributed by atoms with E-state index in [0.717, 1.165) is 42.5 Å². The van der Waals surface area contributed by atoms with Crippen molar-refractivity contribution in [3.8, 4) is 0 Å². The summed E-state index contributed by atoms with van der Waals surface area (Å²) in [7, 11) is 0. The molecular weight excluding hydrogens is 377 g/mol. The number of nitrogens with zero attached hydrogens (tertiary/aromatic N) is 1. The van der Waals surface area contributed by atoms with Crippen LogP contribution < -0.4 is 5.32 Å². The summed E-state index contributed by atoms with van der Waals surface area (Å²) in [4.78, 5) is 18.5. The molecule has 0 radical (unpaired) electrons. The summed E-state index contributed by atoms with van der Waals surface area (Å²) in [6.45, 7) is 5.86. The van der Waals surface area contributed by atoms with Crippen molar-refractivity contribution in [2.24, 2.45) is 0 Å². The van der Waals surface area contributed by atoms with Crippen molar-refractivity contribution < 1.29 is 9.18 Å². The van der Waals surface area contributed by atoms with Gasteiger partial charge in [-0.2, -0.15) is 0 Å². The third kappa shape index (κ3) is 4.41. The number of amides is 1. The molecule has 1 saturated heterocycles. The summed E-state index contributed by atoms with van der Waals surface area (Å²) < 4.78 is 14.7. The summed E-state index contributed by atoms with van der Waals surface area (Å²) >= 11 is 0. The van der Waals surface area contributed by atoms with Crippen LogP contribution in [0.5, 0.6) is 0 Å². The Morgan fingerprint density at radius 3 is 2.70 bits per heavy atom. The van der Waals surface area contributed by atoms with Crippen LogP contribution in [0.15, 0.2) is 48.7 Å². The van der Waals surface area contributed by atoms with E-state index in [1.54, 1.807) is 12.1 Å². The van der Waals surface area contributed by atoms with Gasteiger partial charge >= 0.3 is 0 Å². The standard InChI is InChI=1S/C25H30FN3O/c1-2-18-8-7-10-20-22(17-28-25(18)20)21(19-9-3-4-11-23(19)26)16-24(30)27-12-15-29-13-5-6-14-29/h3-4,7-11,17,21,28H,2,5-6,12-16H2,1H3,(H,27,30)/t21-/m0/s1. The molecule has 3 aromatic rings. The number of carbonyl (C=O) groups is 1. The minimum absolute atomic E-state index is 0.0385. The summed E-state index contributed by atoms with van der Waals surface area (Å²) in [5.74, 6) is -0.643. The molecule has 0 aliphatic carbocycles. The number of H-pyrrole nitrogens is 1. The molecule has 0 saturated carbocycles. The fourth-order valence-electron chi connectivity index (χ4n) is 4.58. The van der Waals surface area contributed by atoms with Crippen molar-refractivity contribution in [3.63, 3.8) is 0 Å². The first-order chi connectivity index (χ1) is 14.7. The van der Waals surface area contributed by atoms with E-state index >= 15 is 0 Å². The van der Waals surface area contributed by atoms with Gasteiger partial charge in [0, 0.05) is 42.5 Å². The van der Waals surface area contributed by atoms with E-state index in [1.807, 2.05) is 18.3 Å². The van der Waals surface area contributed by atoms with E-state index in [4.69, 9.17) is 0 Å². The third-order valence-corrected chi connectivity index (χ3v) is 6.21. The van der Waals surface area contributed by atoms with E-state index in [-0.39, 0.29) is 24.1 Å². The number of hydrogen-bond donors (Lipinski definition) is 2. The first-order valence-corrected chi connectivity index (χ1v) is 11.0. The van der Waals surface area contributed by atoms with Crippen molar-refractivity contribution >= 4 is 16.8 Å². The maximum absolute atomic E-state index is 14.7. The van der Waals surface area contributed by atoms with Crippen LogP contribution >= 0.6 is 0 Å². The molecule has 0 bridgehead atoms. The molecule has 5 heteroatoms. The second-order valence-corrected chi connectivity index (χ2v) is 8.11. The molecule has 2 heterocycles. The Morgan fingerprint density at radius 1 is 1.13 bits per heavy atom. The van der Waals surface area contributed by atoms with Crippen molar-refractivity contribution in [2.75, 3.05) is 26.2 Å². The van der Waals surface area contributed by atoms with Gasteiger partial charge in [0.1, 0.15) is 5.82 Å². The first-order valence-electron chi connectivity index (χ1n) is 11.0. The second-order valence-electron chi connectivity index (χ2n) is 8.11. The highest BCUT2D eigenvalue weighted by Crippen LogP contribution is 2.35. The number of aryl methyl sites for hydroxylation is 1. The Bertz CT molecular complexity index is 1010. The van der Waals surface area contributed by atoms with Crippen molar-refractivity contribution in [3.05, 3.63) is 71.2 Å². The van der Waals surface area contributed by atoms with Gasteiger partial charge in [0.25, 0.3) is 0 Å². The topological polar surface area (TPSA) is 48.1 Å². The number of nitrogens with one attached hydrogen (secondary N) is 2. The van der Waals surface area contributed by atoms with Crippen LogP contribution in [-0.2, 0) is 11.2 Å². The third-order valence-electron chi connectivity index (χ3n) is 6.21. The lowest BCUT2D eigenvalue weighted by Crippen LogP contribution is -2.34. The lowest BCUT2D eigenvalue weighted by atomic mass is 9.87. The number of para-hydroxylation sites is 1. The smallest absolute Gasteiger partial charge is 0.220 e. The van der Waals surface area contributed by atoms with Crippen LogP contribution in [0.2, 0.25) is 0 Å². The summed E-state index contributed by atoms with van der Waals surface area (Å²) in [5.41, 5.74) is 3.84. The SMILES string of the molecule is CCc1cccc2c([C@@H](CC(=O)NCCN3CCCC3)c3ccccc3F)c[nH]c12. The van der Waals surface area contributed by atoms with Crippen LogP contribution in [-0.4, -0.2) is 42.0 Å². The van der Waals surface area contributed by atoms with E-state index in [9.17, 15) is 9.18 Å². The monoisotopic (exact) mass is 407 g/mol. The van der Waals surface area contributed by atoms with Gasteiger partial charge in [-0.25, -0.2) is 4.39 Å². The molecule has 1 aliphatic heterocycles. The molecule has 30 heavy (non-hydrogen) atoms. The van der Waals surface area contributed by atoms with Gasteiger partial charge in [-0.3, -0.25) is 4.79 Å². The number of benzene rings is 2. The van der Waals surface area contributed by atoms with Crippen LogP contribution in [0.4, 0.5) is 4.39 Å². The predicted octanol–water partition coefficient (Wildman–Crippen LogP) is 4.60. The number of fused-ring (bicyclic) bond motifs is 1. The van der Waals surface area contributed by atoms with E-state index in [0.29, 0.717) is 12.1 Å². The molecule has 0 spiro atoms. The molecule has 1 atom stereocenters. The first kappa shape index (κ1) is 20.6. The second kappa shape index (κ2) is 9.43. The zero-order chi connectivity index (χ0) is 20.9. The number of carbonyl (C=O) groups excluding carboxylic acids is 1. The highest BCUT2D eigenvalue weighted by Gasteiger charge is 2.24. The molecule has 2 N–H and O–H groups in total. The maximum atomic E-state index is 14.7. The van der Waals surface area contributed by atoms with Gasteiger partial charge in [-0.1, -0.05) is 43.3 Å².